The summed E-state index contributed by atoms with van der Waals surface area (Å²) in [4.78, 5) is 23.9. The number of hydrogen-bond acceptors (Lipinski definition) is 3. The molecule has 1 atom stereocenters. The third-order valence-corrected chi connectivity index (χ3v) is 3.62. The Kier molecular flexibility index (Phi) is 6.83. The summed E-state index contributed by atoms with van der Waals surface area (Å²) >= 11 is 0. The summed E-state index contributed by atoms with van der Waals surface area (Å²) in [5.74, 6) is -0.461. The van der Waals surface area contributed by atoms with Crippen molar-refractivity contribution in [3.63, 3.8) is 0 Å². The zero-order chi connectivity index (χ0) is 17.2. The van der Waals surface area contributed by atoms with Crippen LogP contribution in [-0.4, -0.2) is 31.7 Å². The van der Waals surface area contributed by atoms with E-state index in [1.54, 1.807) is 0 Å². The molecule has 0 saturated heterocycles. The molecule has 2 aromatic carbocycles. The molecular formula is C19H22N2O3. The number of amides is 2. The van der Waals surface area contributed by atoms with Crippen molar-refractivity contribution in [2.45, 2.75) is 18.9 Å². The standard InChI is InChI=1S/C19H22N2O3/c1-24-18(22)17(14-16-10-6-3-7-11-16)21-19(23)20-13-12-15-8-4-2-5-9-15/h2-11,17H,12-14H2,1H3,(H2,20,21,23)/t17-/m0/s1. The zero-order valence-electron chi connectivity index (χ0n) is 13.7. The first-order chi connectivity index (χ1) is 11.7. The Morgan fingerprint density at radius 3 is 2.12 bits per heavy atom. The van der Waals surface area contributed by atoms with Gasteiger partial charge in [0.1, 0.15) is 6.04 Å². The van der Waals surface area contributed by atoms with E-state index in [2.05, 4.69) is 10.6 Å². The first kappa shape index (κ1) is 17.5. The van der Waals surface area contributed by atoms with Crippen LogP contribution in [0.25, 0.3) is 0 Å². The monoisotopic (exact) mass is 326 g/mol. The molecule has 126 valence electrons. The lowest BCUT2D eigenvalue weighted by Crippen LogP contribution is -2.48. The lowest BCUT2D eigenvalue weighted by atomic mass is 10.1. The number of methoxy groups -OCH3 is 1. The van der Waals surface area contributed by atoms with E-state index in [1.165, 1.54) is 7.11 Å². The molecule has 0 aromatic heterocycles. The van der Waals surface area contributed by atoms with Gasteiger partial charge in [-0.15, -0.1) is 0 Å². The van der Waals surface area contributed by atoms with Gasteiger partial charge in [0.25, 0.3) is 0 Å². The normalized spacial score (nSPS) is 11.4. The molecule has 0 radical (unpaired) electrons. The van der Waals surface area contributed by atoms with E-state index in [0.717, 1.165) is 17.5 Å². The van der Waals surface area contributed by atoms with Crippen LogP contribution in [0.1, 0.15) is 11.1 Å². The molecule has 0 aliphatic heterocycles. The van der Waals surface area contributed by atoms with Gasteiger partial charge in [-0.2, -0.15) is 0 Å². The Bertz CT molecular complexity index is 644. The Balaban J connectivity index is 1.84. The largest absolute Gasteiger partial charge is 0.467 e. The van der Waals surface area contributed by atoms with Gasteiger partial charge in [0.15, 0.2) is 0 Å². The minimum Gasteiger partial charge on any atom is -0.467 e. The molecule has 0 saturated carbocycles. The van der Waals surface area contributed by atoms with Gasteiger partial charge in [-0.05, 0) is 17.5 Å². The number of esters is 1. The second-order valence-electron chi connectivity index (χ2n) is 5.40. The summed E-state index contributed by atoms with van der Waals surface area (Å²) in [6.45, 7) is 0.495. The van der Waals surface area contributed by atoms with Crippen LogP contribution in [0, 0.1) is 0 Å². The van der Waals surface area contributed by atoms with Crippen molar-refractivity contribution in [3.05, 3.63) is 71.8 Å². The molecule has 2 N–H and O–H groups in total. The Morgan fingerprint density at radius 1 is 0.958 bits per heavy atom. The highest BCUT2D eigenvalue weighted by Crippen LogP contribution is 2.04. The lowest BCUT2D eigenvalue weighted by Gasteiger charge is -2.17. The number of nitrogens with one attached hydrogen (secondary N) is 2. The van der Waals surface area contributed by atoms with E-state index in [4.69, 9.17) is 4.74 Å². The van der Waals surface area contributed by atoms with Crippen molar-refractivity contribution in [2.75, 3.05) is 13.7 Å². The molecule has 0 fully saturated rings. The van der Waals surface area contributed by atoms with Crippen LogP contribution >= 0.6 is 0 Å². The van der Waals surface area contributed by atoms with Gasteiger partial charge in [0, 0.05) is 13.0 Å². The van der Waals surface area contributed by atoms with E-state index in [0.29, 0.717) is 13.0 Å². The highest BCUT2D eigenvalue weighted by molar-refractivity contribution is 5.83. The molecule has 2 rings (SSSR count). The fourth-order valence-electron chi connectivity index (χ4n) is 2.36. The fraction of sp³-hybridized carbons (Fsp3) is 0.263. The van der Waals surface area contributed by atoms with Crippen LogP contribution in [0.15, 0.2) is 60.7 Å². The molecule has 0 aliphatic carbocycles. The Morgan fingerprint density at radius 2 is 1.54 bits per heavy atom. The van der Waals surface area contributed by atoms with Gasteiger partial charge < -0.3 is 15.4 Å². The number of rotatable bonds is 7. The van der Waals surface area contributed by atoms with Gasteiger partial charge in [0.05, 0.1) is 7.11 Å². The summed E-state index contributed by atoms with van der Waals surface area (Å²) in [6, 6.07) is 18.3. The predicted molar refractivity (Wildman–Crippen MR) is 92.6 cm³/mol. The van der Waals surface area contributed by atoms with E-state index in [9.17, 15) is 9.59 Å². The molecule has 0 spiro atoms. The van der Waals surface area contributed by atoms with Gasteiger partial charge in [0.2, 0.25) is 0 Å². The van der Waals surface area contributed by atoms with Crippen LogP contribution < -0.4 is 10.6 Å². The molecule has 2 aromatic rings. The molecule has 24 heavy (non-hydrogen) atoms. The van der Waals surface area contributed by atoms with Crippen molar-refractivity contribution in [2.24, 2.45) is 0 Å². The van der Waals surface area contributed by atoms with Crippen molar-refractivity contribution in [1.29, 1.82) is 0 Å². The number of ether oxygens (including phenoxy) is 1. The first-order valence-corrected chi connectivity index (χ1v) is 7.89. The number of urea groups is 1. The van der Waals surface area contributed by atoms with Crippen LogP contribution in [0.4, 0.5) is 4.79 Å². The van der Waals surface area contributed by atoms with Crippen molar-refractivity contribution >= 4 is 12.0 Å². The molecule has 0 unspecified atom stereocenters. The highest BCUT2D eigenvalue weighted by Gasteiger charge is 2.21. The first-order valence-electron chi connectivity index (χ1n) is 7.89. The zero-order valence-corrected chi connectivity index (χ0v) is 13.7. The fourth-order valence-corrected chi connectivity index (χ4v) is 2.36. The summed E-state index contributed by atoms with van der Waals surface area (Å²) in [5.41, 5.74) is 2.10. The van der Waals surface area contributed by atoms with Crippen molar-refractivity contribution in [3.8, 4) is 0 Å². The van der Waals surface area contributed by atoms with Crippen LogP contribution in [0.2, 0.25) is 0 Å². The second-order valence-corrected chi connectivity index (χ2v) is 5.40. The molecule has 5 heteroatoms. The van der Waals surface area contributed by atoms with Crippen LogP contribution in [0.3, 0.4) is 0 Å². The molecular weight excluding hydrogens is 304 g/mol. The maximum atomic E-state index is 12.0. The maximum Gasteiger partial charge on any atom is 0.328 e. The van der Waals surface area contributed by atoms with E-state index in [1.807, 2.05) is 60.7 Å². The second kappa shape index (κ2) is 9.35. The van der Waals surface area contributed by atoms with Gasteiger partial charge in [-0.25, -0.2) is 9.59 Å². The average molecular weight is 326 g/mol. The van der Waals surface area contributed by atoms with E-state index in [-0.39, 0.29) is 6.03 Å². The molecule has 2 amide bonds. The lowest BCUT2D eigenvalue weighted by molar-refractivity contribution is -0.142. The minimum absolute atomic E-state index is 0.378. The Hall–Kier alpha value is -2.82. The molecule has 0 aliphatic rings. The van der Waals surface area contributed by atoms with Crippen LogP contribution in [-0.2, 0) is 22.4 Å². The van der Waals surface area contributed by atoms with Crippen LogP contribution in [0.5, 0.6) is 0 Å². The summed E-state index contributed by atoms with van der Waals surface area (Å²) in [7, 11) is 1.31. The molecule has 0 heterocycles. The van der Waals surface area contributed by atoms with Gasteiger partial charge in [-0.1, -0.05) is 60.7 Å². The average Bonchev–Trinajstić information content (AvgIpc) is 2.62. The summed E-state index contributed by atoms with van der Waals surface area (Å²) < 4.78 is 4.78. The quantitative estimate of drug-likeness (QED) is 0.767. The highest BCUT2D eigenvalue weighted by atomic mass is 16.5. The minimum atomic E-state index is -0.714. The third-order valence-electron chi connectivity index (χ3n) is 3.62. The Labute approximate surface area is 142 Å². The third kappa shape index (κ3) is 5.76. The van der Waals surface area contributed by atoms with E-state index < -0.39 is 12.0 Å². The smallest absolute Gasteiger partial charge is 0.328 e. The topological polar surface area (TPSA) is 67.4 Å². The SMILES string of the molecule is COC(=O)[C@H](Cc1ccccc1)NC(=O)NCCc1ccccc1. The number of carbonyl (C=O) groups excluding carboxylic acids is 2. The number of hydrogen-bond donors (Lipinski definition) is 2. The summed E-state index contributed by atoms with van der Waals surface area (Å²) in [5, 5.41) is 5.45. The maximum absolute atomic E-state index is 12.0. The summed E-state index contributed by atoms with van der Waals surface area (Å²) in [6.07, 6.45) is 1.12. The van der Waals surface area contributed by atoms with Gasteiger partial charge in [-0.3, -0.25) is 0 Å². The number of benzene rings is 2. The molecule has 0 bridgehead atoms. The van der Waals surface area contributed by atoms with E-state index >= 15 is 0 Å². The van der Waals surface area contributed by atoms with Crippen molar-refractivity contribution in [1.82, 2.24) is 10.6 Å². The van der Waals surface area contributed by atoms with Gasteiger partial charge >= 0.3 is 12.0 Å². The predicted octanol–water partition coefficient (Wildman–Crippen LogP) is 2.31. The van der Waals surface area contributed by atoms with Crippen molar-refractivity contribution < 1.29 is 14.3 Å². The molecule has 5 nitrogen and oxygen atoms in total. The number of carbonyl (C=O) groups is 2.